The van der Waals surface area contributed by atoms with E-state index in [4.69, 9.17) is 0 Å². The molecule has 0 unspecified atom stereocenters. The highest BCUT2D eigenvalue weighted by Gasteiger charge is 2.01. The predicted octanol–water partition coefficient (Wildman–Crippen LogP) is 1.50. The van der Waals surface area contributed by atoms with E-state index in [-0.39, 0.29) is 5.82 Å². The maximum absolute atomic E-state index is 13.3. The number of hydrogen-bond acceptors (Lipinski definition) is 3. The van der Waals surface area contributed by atoms with Gasteiger partial charge in [0.25, 0.3) is 0 Å². The average molecular weight is 197 g/mol. The third kappa shape index (κ3) is 2.88. The van der Waals surface area contributed by atoms with E-state index in [9.17, 15) is 4.39 Å². The molecule has 0 saturated heterocycles. The molecule has 0 heterocycles. The third-order valence-electron chi connectivity index (χ3n) is 1.95. The van der Waals surface area contributed by atoms with Gasteiger partial charge in [-0.1, -0.05) is 0 Å². The summed E-state index contributed by atoms with van der Waals surface area (Å²) in [6.07, 6.45) is 0. The Kier molecular flexibility index (Phi) is 4.19. The van der Waals surface area contributed by atoms with Crippen LogP contribution in [0.4, 0.5) is 15.8 Å². The first-order valence-corrected chi connectivity index (χ1v) is 4.63. The SMILES string of the molecule is CNCCNc1ccc(NC)cc1F. The Balaban J connectivity index is 2.59. The van der Waals surface area contributed by atoms with Crippen molar-refractivity contribution in [3.63, 3.8) is 0 Å². The van der Waals surface area contributed by atoms with E-state index in [1.54, 1.807) is 13.1 Å². The summed E-state index contributed by atoms with van der Waals surface area (Å²) in [5, 5.41) is 8.86. The zero-order chi connectivity index (χ0) is 10.4. The molecule has 14 heavy (non-hydrogen) atoms. The zero-order valence-corrected chi connectivity index (χ0v) is 8.52. The maximum Gasteiger partial charge on any atom is 0.148 e. The lowest BCUT2D eigenvalue weighted by Gasteiger charge is -2.08. The molecule has 4 heteroatoms. The molecule has 0 bridgehead atoms. The van der Waals surface area contributed by atoms with E-state index in [0.29, 0.717) is 12.2 Å². The van der Waals surface area contributed by atoms with Crippen LogP contribution in [0, 0.1) is 5.82 Å². The summed E-state index contributed by atoms with van der Waals surface area (Å²) in [5.74, 6) is -0.229. The lowest BCUT2D eigenvalue weighted by Crippen LogP contribution is -2.18. The summed E-state index contributed by atoms with van der Waals surface area (Å²) in [5.41, 5.74) is 1.32. The summed E-state index contributed by atoms with van der Waals surface area (Å²) in [6.45, 7) is 1.53. The van der Waals surface area contributed by atoms with Crippen LogP contribution in [-0.4, -0.2) is 27.2 Å². The Morgan fingerprint density at radius 2 is 2.00 bits per heavy atom. The summed E-state index contributed by atoms with van der Waals surface area (Å²) in [4.78, 5) is 0. The summed E-state index contributed by atoms with van der Waals surface area (Å²) in [6, 6.07) is 5.04. The molecule has 1 rings (SSSR count). The van der Waals surface area contributed by atoms with Crippen molar-refractivity contribution in [1.82, 2.24) is 5.32 Å². The molecule has 0 aliphatic heterocycles. The molecule has 0 aliphatic rings. The topological polar surface area (TPSA) is 36.1 Å². The van der Waals surface area contributed by atoms with Crippen molar-refractivity contribution in [2.24, 2.45) is 0 Å². The lowest BCUT2D eigenvalue weighted by molar-refractivity contribution is 0.630. The standard InChI is InChI=1S/C10H16FN3/c1-12-5-6-14-10-4-3-8(13-2)7-9(10)11/h3-4,7,12-14H,5-6H2,1-2H3. The molecule has 1 aromatic rings. The largest absolute Gasteiger partial charge is 0.388 e. The second-order valence-electron chi connectivity index (χ2n) is 2.97. The van der Waals surface area contributed by atoms with E-state index in [2.05, 4.69) is 16.0 Å². The first-order valence-electron chi connectivity index (χ1n) is 4.63. The predicted molar refractivity (Wildman–Crippen MR) is 58.4 cm³/mol. The van der Waals surface area contributed by atoms with Gasteiger partial charge < -0.3 is 16.0 Å². The van der Waals surface area contributed by atoms with Gasteiger partial charge >= 0.3 is 0 Å². The van der Waals surface area contributed by atoms with Gasteiger partial charge in [-0.15, -0.1) is 0 Å². The minimum Gasteiger partial charge on any atom is -0.388 e. The molecular formula is C10H16FN3. The van der Waals surface area contributed by atoms with Crippen LogP contribution in [0.5, 0.6) is 0 Å². The van der Waals surface area contributed by atoms with Crippen LogP contribution in [0.3, 0.4) is 0 Å². The fourth-order valence-electron chi connectivity index (χ4n) is 1.14. The van der Waals surface area contributed by atoms with Crippen molar-refractivity contribution in [1.29, 1.82) is 0 Å². The van der Waals surface area contributed by atoms with Crippen LogP contribution in [0.1, 0.15) is 0 Å². The number of anilines is 2. The van der Waals surface area contributed by atoms with Crippen molar-refractivity contribution in [3.8, 4) is 0 Å². The van der Waals surface area contributed by atoms with Gasteiger partial charge in [0.1, 0.15) is 5.82 Å². The first kappa shape index (κ1) is 10.8. The van der Waals surface area contributed by atoms with Gasteiger partial charge in [-0.05, 0) is 25.2 Å². The third-order valence-corrected chi connectivity index (χ3v) is 1.95. The van der Waals surface area contributed by atoms with Crippen LogP contribution in [-0.2, 0) is 0 Å². The van der Waals surface area contributed by atoms with Gasteiger partial charge in [-0.3, -0.25) is 0 Å². The van der Waals surface area contributed by atoms with Crippen LogP contribution in [0.25, 0.3) is 0 Å². The number of likely N-dealkylation sites (N-methyl/N-ethyl adjacent to an activating group) is 1. The summed E-state index contributed by atoms with van der Waals surface area (Å²) in [7, 11) is 3.63. The molecule has 3 nitrogen and oxygen atoms in total. The first-order chi connectivity index (χ1) is 6.77. The van der Waals surface area contributed by atoms with Gasteiger partial charge in [0.2, 0.25) is 0 Å². The molecule has 0 spiro atoms. The molecule has 78 valence electrons. The Bertz CT molecular complexity index is 289. The van der Waals surface area contributed by atoms with Crippen molar-refractivity contribution in [2.75, 3.05) is 37.8 Å². The van der Waals surface area contributed by atoms with Gasteiger partial charge in [0, 0.05) is 25.8 Å². The number of hydrogen-bond donors (Lipinski definition) is 3. The quantitative estimate of drug-likeness (QED) is 0.626. The fourth-order valence-corrected chi connectivity index (χ4v) is 1.14. The van der Waals surface area contributed by atoms with Crippen molar-refractivity contribution in [3.05, 3.63) is 24.0 Å². The van der Waals surface area contributed by atoms with E-state index in [1.165, 1.54) is 6.07 Å². The Hall–Kier alpha value is -1.29. The molecule has 0 aromatic heterocycles. The van der Waals surface area contributed by atoms with Crippen LogP contribution in [0.2, 0.25) is 0 Å². The molecule has 1 aromatic carbocycles. The second kappa shape index (κ2) is 5.44. The minimum atomic E-state index is -0.229. The second-order valence-corrected chi connectivity index (χ2v) is 2.97. The van der Waals surface area contributed by atoms with Crippen molar-refractivity contribution >= 4 is 11.4 Å². The number of nitrogens with one attached hydrogen (secondary N) is 3. The molecule has 3 N–H and O–H groups in total. The monoisotopic (exact) mass is 197 g/mol. The van der Waals surface area contributed by atoms with E-state index in [0.717, 1.165) is 12.2 Å². The number of benzene rings is 1. The number of rotatable bonds is 5. The maximum atomic E-state index is 13.3. The van der Waals surface area contributed by atoms with Crippen molar-refractivity contribution in [2.45, 2.75) is 0 Å². The normalized spacial score (nSPS) is 9.93. The van der Waals surface area contributed by atoms with E-state index < -0.39 is 0 Å². The summed E-state index contributed by atoms with van der Waals surface area (Å²) < 4.78 is 13.3. The molecule has 0 fully saturated rings. The van der Waals surface area contributed by atoms with E-state index in [1.807, 2.05) is 13.1 Å². The lowest BCUT2D eigenvalue weighted by atomic mass is 10.2. The molecular weight excluding hydrogens is 181 g/mol. The smallest absolute Gasteiger partial charge is 0.148 e. The molecule has 0 saturated carbocycles. The molecule has 0 aliphatic carbocycles. The highest BCUT2D eigenvalue weighted by atomic mass is 19.1. The van der Waals surface area contributed by atoms with Crippen LogP contribution in [0.15, 0.2) is 18.2 Å². The molecule has 0 radical (unpaired) electrons. The van der Waals surface area contributed by atoms with Gasteiger partial charge in [0.05, 0.1) is 5.69 Å². The summed E-state index contributed by atoms with van der Waals surface area (Å²) >= 11 is 0. The Morgan fingerprint density at radius 3 is 2.57 bits per heavy atom. The Morgan fingerprint density at radius 1 is 1.21 bits per heavy atom. The van der Waals surface area contributed by atoms with Gasteiger partial charge in [-0.2, -0.15) is 0 Å². The fraction of sp³-hybridized carbons (Fsp3) is 0.400. The van der Waals surface area contributed by atoms with Gasteiger partial charge in [0.15, 0.2) is 0 Å². The average Bonchev–Trinajstić information content (AvgIpc) is 2.20. The zero-order valence-electron chi connectivity index (χ0n) is 8.52. The van der Waals surface area contributed by atoms with Gasteiger partial charge in [-0.25, -0.2) is 4.39 Å². The van der Waals surface area contributed by atoms with Crippen LogP contribution < -0.4 is 16.0 Å². The Labute approximate surface area is 83.7 Å². The highest BCUT2D eigenvalue weighted by molar-refractivity contribution is 5.54. The highest BCUT2D eigenvalue weighted by Crippen LogP contribution is 2.17. The minimum absolute atomic E-state index is 0.229. The van der Waals surface area contributed by atoms with E-state index >= 15 is 0 Å². The van der Waals surface area contributed by atoms with Crippen molar-refractivity contribution < 1.29 is 4.39 Å². The number of halogens is 1. The molecule has 0 atom stereocenters. The van der Waals surface area contributed by atoms with Crippen LogP contribution >= 0.6 is 0 Å². The molecule has 0 amide bonds.